The van der Waals surface area contributed by atoms with Crippen LogP contribution >= 0.6 is 0 Å². The van der Waals surface area contributed by atoms with Gasteiger partial charge in [-0.1, -0.05) is 6.07 Å². The molecule has 2 aromatic rings. The number of nitrogens with zero attached hydrogens (tertiary/aromatic N) is 1. The van der Waals surface area contributed by atoms with Crippen LogP contribution in [0.1, 0.15) is 0 Å². The molecular weight excluding hydrogens is 226 g/mol. The number of fused-ring (bicyclic) bond motifs is 1. The Balaban J connectivity index is 0.000000605. The minimum absolute atomic E-state index is 0. The number of halogens is 1. The van der Waals surface area contributed by atoms with Crippen molar-refractivity contribution in [2.45, 2.75) is 0 Å². The molecule has 0 bridgehead atoms. The monoisotopic (exact) mass is 231 g/mol. The molecule has 1 nitrogen and oxygen atoms in total. The molecule has 0 amide bonds. The van der Waals surface area contributed by atoms with Crippen LogP contribution in [0.2, 0.25) is 0 Å². The third-order valence-electron chi connectivity index (χ3n) is 1.47. The number of aromatic nitrogens is 1. The molecule has 0 N–H and O–H groups in total. The van der Waals surface area contributed by atoms with E-state index < -0.39 is 0 Å². The summed E-state index contributed by atoms with van der Waals surface area (Å²) < 4.78 is 0. The van der Waals surface area contributed by atoms with Crippen molar-refractivity contribution in [1.29, 1.82) is 0 Å². The van der Waals surface area contributed by atoms with E-state index in [1.54, 1.807) is 6.20 Å². The van der Waals surface area contributed by atoms with E-state index in [9.17, 15) is 0 Å². The third kappa shape index (κ3) is 2.43. The van der Waals surface area contributed by atoms with Crippen molar-refractivity contribution in [2.75, 3.05) is 0 Å². The van der Waals surface area contributed by atoms with E-state index in [0.29, 0.717) is 0 Å². The summed E-state index contributed by atoms with van der Waals surface area (Å²) in [5.41, 5.74) is 0. The smallest absolute Gasteiger partial charge is 1.00 e. The zero-order valence-electron chi connectivity index (χ0n) is 6.50. The molecule has 0 aliphatic carbocycles. The molecule has 12 heavy (non-hydrogen) atoms. The summed E-state index contributed by atoms with van der Waals surface area (Å²) in [6.45, 7) is 0. The zero-order chi connectivity index (χ0) is 6.81. The Morgan fingerprint density at radius 1 is 1.17 bits per heavy atom. The van der Waals surface area contributed by atoms with Gasteiger partial charge in [0, 0.05) is 0 Å². The van der Waals surface area contributed by atoms with Crippen molar-refractivity contribution < 1.29 is 17.0 Å². The molecule has 3 heteroatoms. The van der Waals surface area contributed by atoms with Crippen molar-refractivity contribution in [3.05, 3.63) is 42.7 Å². The molecule has 0 unspecified atom stereocenters. The van der Waals surface area contributed by atoms with E-state index in [2.05, 4.69) is 11.1 Å². The largest absolute Gasteiger partial charge is 2.00 e. The van der Waals surface area contributed by atoms with Crippen LogP contribution in [0.4, 0.5) is 0 Å². The molecular formula is C9H6BrMgN. The van der Waals surface area contributed by atoms with Gasteiger partial charge in [-0.15, -0.1) is 17.5 Å². The molecule has 1 aromatic carbocycles. The Labute approximate surface area is 98.1 Å². The first-order valence-corrected chi connectivity index (χ1v) is 3.17. The summed E-state index contributed by atoms with van der Waals surface area (Å²) in [7, 11) is 0. The second kappa shape index (κ2) is 5.51. The quantitative estimate of drug-likeness (QED) is 0.405. The van der Waals surface area contributed by atoms with Crippen LogP contribution in [0, 0.1) is 6.07 Å². The van der Waals surface area contributed by atoms with Crippen LogP contribution < -0.4 is 17.0 Å². The maximum atomic E-state index is 3.96. The Morgan fingerprint density at radius 2 is 1.92 bits per heavy atom. The average Bonchev–Trinajstić information content (AvgIpc) is 2.05. The van der Waals surface area contributed by atoms with E-state index in [-0.39, 0.29) is 40.0 Å². The fourth-order valence-electron chi connectivity index (χ4n) is 0.965. The number of hydrogen-bond donors (Lipinski definition) is 0. The first-order valence-electron chi connectivity index (χ1n) is 3.17. The van der Waals surface area contributed by atoms with Crippen LogP contribution in [0.25, 0.3) is 10.8 Å². The number of rotatable bonds is 0. The summed E-state index contributed by atoms with van der Waals surface area (Å²) >= 11 is 0. The van der Waals surface area contributed by atoms with Crippen LogP contribution in [0.3, 0.4) is 0 Å². The minimum Gasteiger partial charge on any atom is -1.00 e. The SMILES string of the molecule is [Br-].[Mg+2].[c-]1cncc2ccccc12. The van der Waals surface area contributed by atoms with Gasteiger partial charge in [-0.25, -0.2) is 0 Å². The maximum absolute atomic E-state index is 3.96. The van der Waals surface area contributed by atoms with E-state index >= 15 is 0 Å². The first kappa shape index (κ1) is 11.9. The topological polar surface area (TPSA) is 12.9 Å². The van der Waals surface area contributed by atoms with Crippen LogP contribution in [0.15, 0.2) is 36.7 Å². The van der Waals surface area contributed by atoms with Crippen molar-refractivity contribution in [3.8, 4) is 0 Å². The number of benzene rings is 1. The standard InChI is InChI=1S/C9H6N.BrH.Mg/c1-2-4-9-7-10-6-5-8(9)3-1;;/h1-4,6-7H;1H;/q-1;;+2/p-1. The van der Waals surface area contributed by atoms with Gasteiger partial charge in [-0.2, -0.15) is 17.5 Å². The maximum Gasteiger partial charge on any atom is 2.00 e. The Morgan fingerprint density at radius 3 is 2.67 bits per heavy atom. The normalized spacial score (nSPS) is 8.33. The van der Waals surface area contributed by atoms with E-state index in [0.717, 1.165) is 10.8 Å². The molecule has 0 atom stereocenters. The Bertz CT molecular complexity index is 286. The molecule has 0 saturated carbocycles. The molecule has 0 radical (unpaired) electrons. The summed E-state index contributed by atoms with van der Waals surface area (Å²) in [6, 6.07) is 11.1. The second-order valence-electron chi connectivity index (χ2n) is 2.14. The predicted octanol–water partition coefficient (Wildman–Crippen LogP) is -1.34. The van der Waals surface area contributed by atoms with Crippen molar-refractivity contribution in [2.24, 2.45) is 0 Å². The third-order valence-corrected chi connectivity index (χ3v) is 1.47. The van der Waals surface area contributed by atoms with Crippen molar-refractivity contribution >= 4 is 33.8 Å². The number of hydrogen-bond acceptors (Lipinski definition) is 1. The van der Waals surface area contributed by atoms with Gasteiger partial charge in [0.05, 0.1) is 0 Å². The number of pyridine rings is 1. The molecule has 1 aromatic heterocycles. The molecule has 0 aliphatic rings. The van der Waals surface area contributed by atoms with E-state index in [4.69, 9.17) is 0 Å². The molecule has 0 spiro atoms. The van der Waals surface area contributed by atoms with Gasteiger partial charge in [0.15, 0.2) is 0 Å². The minimum atomic E-state index is 0. The Kier molecular flexibility index (Phi) is 5.45. The van der Waals surface area contributed by atoms with Crippen LogP contribution in [0.5, 0.6) is 0 Å². The molecule has 0 fully saturated rings. The van der Waals surface area contributed by atoms with E-state index in [1.165, 1.54) is 0 Å². The summed E-state index contributed by atoms with van der Waals surface area (Å²) in [4.78, 5) is 3.96. The molecule has 2 rings (SSSR count). The fraction of sp³-hybridized carbons (Fsp3) is 0. The Hall–Kier alpha value is -0.124. The first-order chi connectivity index (χ1) is 4.97. The molecule has 56 valence electrons. The summed E-state index contributed by atoms with van der Waals surface area (Å²) in [5.74, 6) is 0. The van der Waals surface area contributed by atoms with Gasteiger partial charge < -0.3 is 17.0 Å². The van der Waals surface area contributed by atoms with Gasteiger partial charge in [0.2, 0.25) is 0 Å². The molecule has 0 saturated heterocycles. The average molecular weight is 232 g/mol. The van der Waals surface area contributed by atoms with Gasteiger partial charge in [-0.3, -0.25) is 4.98 Å². The van der Waals surface area contributed by atoms with Crippen molar-refractivity contribution in [1.82, 2.24) is 4.98 Å². The fourth-order valence-corrected chi connectivity index (χ4v) is 0.965. The van der Waals surface area contributed by atoms with Crippen LogP contribution in [-0.2, 0) is 0 Å². The van der Waals surface area contributed by atoms with E-state index in [1.807, 2.05) is 30.5 Å². The molecule has 0 aliphatic heterocycles. The van der Waals surface area contributed by atoms with Gasteiger partial charge in [0.25, 0.3) is 0 Å². The molecule has 1 heterocycles. The predicted molar refractivity (Wildman–Crippen MR) is 46.3 cm³/mol. The van der Waals surface area contributed by atoms with Crippen LogP contribution in [-0.4, -0.2) is 28.0 Å². The van der Waals surface area contributed by atoms with Gasteiger partial charge in [-0.05, 0) is 12.4 Å². The van der Waals surface area contributed by atoms with Crippen molar-refractivity contribution in [3.63, 3.8) is 0 Å². The zero-order valence-corrected chi connectivity index (χ0v) is 9.50. The summed E-state index contributed by atoms with van der Waals surface area (Å²) in [5, 5.41) is 2.27. The second-order valence-corrected chi connectivity index (χ2v) is 2.14. The van der Waals surface area contributed by atoms with Gasteiger partial charge >= 0.3 is 23.1 Å². The van der Waals surface area contributed by atoms with Gasteiger partial charge in [0.1, 0.15) is 0 Å². The summed E-state index contributed by atoms with van der Waals surface area (Å²) in [6.07, 6.45) is 3.52.